The van der Waals surface area contributed by atoms with Crippen LogP contribution in [0.1, 0.15) is 18.1 Å². The largest absolute Gasteiger partial charge is 0.356 e. The molecule has 0 radical (unpaired) electrons. The average Bonchev–Trinajstić information content (AvgIpc) is 2.93. The second-order valence-electron chi connectivity index (χ2n) is 4.59. The zero-order valence-corrected chi connectivity index (χ0v) is 9.10. The molecule has 1 aliphatic carbocycles. The lowest BCUT2D eigenvalue weighted by Crippen LogP contribution is -2.09. The minimum Gasteiger partial charge on any atom is -0.356 e. The maximum Gasteiger partial charge on any atom is 0.146 e. The molecule has 1 heteroatoms. The molecule has 2 aromatic carbocycles. The summed E-state index contributed by atoms with van der Waals surface area (Å²) in [5.41, 5.74) is 5.21. The summed E-state index contributed by atoms with van der Waals surface area (Å²) in [6.45, 7) is 2.15. The first kappa shape index (κ1) is 8.54. The van der Waals surface area contributed by atoms with E-state index in [1.807, 2.05) is 0 Å². The molecule has 0 amide bonds. The summed E-state index contributed by atoms with van der Waals surface area (Å²) < 4.78 is 5.92. The van der Waals surface area contributed by atoms with Crippen LogP contribution in [0.4, 0.5) is 0 Å². The average molecular weight is 208 g/mol. The predicted molar refractivity (Wildman–Crippen MR) is 63.2 cm³/mol. The normalized spacial score (nSPS) is 22.9. The SMILES string of the molecule is C[C@@H]1OC12c1ccccc1-c1ccccc12. The van der Waals surface area contributed by atoms with E-state index in [9.17, 15) is 0 Å². The van der Waals surface area contributed by atoms with Gasteiger partial charge in [0.1, 0.15) is 5.60 Å². The smallest absolute Gasteiger partial charge is 0.146 e. The fourth-order valence-electron chi connectivity index (χ4n) is 3.04. The number of epoxide rings is 1. The minimum absolute atomic E-state index is 0.132. The Labute approximate surface area is 94.7 Å². The third-order valence-electron chi connectivity index (χ3n) is 3.82. The first-order valence-electron chi connectivity index (χ1n) is 5.71. The van der Waals surface area contributed by atoms with E-state index in [0.29, 0.717) is 6.10 Å². The summed E-state index contributed by atoms with van der Waals surface area (Å²) in [7, 11) is 0. The highest BCUT2D eigenvalue weighted by Gasteiger charge is 2.60. The second kappa shape index (κ2) is 2.55. The molecule has 2 aromatic rings. The van der Waals surface area contributed by atoms with Crippen LogP contribution >= 0.6 is 0 Å². The molecule has 1 aliphatic heterocycles. The van der Waals surface area contributed by atoms with Gasteiger partial charge in [0.15, 0.2) is 0 Å². The van der Waals surface area contributed by atoms with Gasteiger partial charge in [-0.2, -0.15) is 0 Å². The van der Waals surface area contributed by atoms with Crippen LogP contribution in [0.25, 0.3) is 11.1 Å². The fourth-order valence-corrected chi connectivity index (χ4v) is 3.04. The summed E-state index contributed by atoms with van der Waals surface area (Å²) >= 11 is 0. The molecule has 1 spiro atoms. The summed E-state index contributed by atoms with van der Waals surface area (Å²) in [6, 6.07) is 17.2. The fraction of sp³-hybridized carbons (Fsp3) is 0.200. The van der Waals surface area contributed by atoms with Crippen LogP contribution in [0, 0.1) is 0 Å². The molecule has 0 N–H and O–H groups in total. The molecule has 1 saturated heterocycles. The van der Waals surface area contributed by atoms with Crippen molar-refractivity contribution < 1.29 is 4.74 Å². The van der Waals surface area contributed by atoms with E-state index in [2.05, 4.69) is 55.5 Å². The van der Waals surface area contributed by atoms with Gasteiger partial charge in [0.25, 0.3) is 0 Å². The molecule has 16 heavy (non-hydrogen) atoms. The molecule has 0 bridgehead atoms. The topological polar surface area (TPSA) is 12.5 Å². The Morgan fingerprint density at radius 1 is 0.875 bits per heavy atom. The molecule has 0 aromatic heterocycles. The zero-order valence-electron chi connectivity index (χ0n) is 9.10. The van der Waals surface area contributed by atoms with E-state index in [1.54, 1.807) is 0 Å². The van der Waals surface area contributed by atoms with Gasteiger partial charge < -0.3 is 4.74 Å². The monoisotopic (exact) mass is 208 g/mol. The lowest BCUT2D eigenvalue weighted by atomic mass is 9.94. The Hall–Kier alpha value is -1.60. The number of ether oxygens (including phenoxy) is 1. The van der Waals surface area contributed by atoms with E-state index >= 15 is 0 Å². The van der Waals surface area contributed by atoms with E-state index in [-0.39, 0.29) is 5.60 Å². The molecular weight excluding hydrogens is 196 g/mol. The molecule has 0 unspecified atom stereocenters. The Morgan fingerprint density at radius 2 is 1.31 bits per heavy atom. The van der Waals surface area contributed by atoms with E-state index in [4.69, 9.17) is 4.74 Å². The van der Waals surface area contributed by atoms with Crippen molar-refractivity contribution in [2.24, 2.45) is 0 Å². The van der Waals surface area contributed by atoms with E-state index < -0.39 is 0 Å². The van der Waals surface area contributed by atoms with Crippen LogP contribution in [0.3, 0.4) is 0 Å². The van der Waals surface area contributed by atoms with Crippen molar-refractivity contribution in [3.05, 3.63) is 59.7 Å². The van der Waals surface area contributed by atoms with Crippen molar-refractivity contribution in [3.63, 3.8) is 0 Å². The van der Waals surface area contributed by atoms with Gasteiger partial charge in [0.05, 0.1) is 6.10 Å². The van der Waals surface area contributed by atoms with Gasteiger partial charge in [-0.25, -0.2) is 0 Å². The van der Waals surface area contributed by atoms with Gasteiger partial charge in [0, 0.05) is 0 Å². The van der Waals surface area contributed by atoms with Crippen molar-refractivity contribution in [2.75, 3.05) is 0 Å². The Balaban J connectivity index is 2.12. The molecule has 1 heterocycles. The number of rotatable bonds is 0. The van der Waals surface area contributed by atoms with Crippen molar-refractivity contribution in [1.29, 1.82) is 0 Å². The van der Waals surface area contributed by atoms with Crippen LogP contribution in [-0.4, -0.2) is 6.10 Å². The van der Waals surface area contributed by atoms with Gasteiger partial charge in [-0.05, 0) is 29.2 Å². The zero-order chi connectivity index (χ0) is 10.8. The maximum absolute atomic E-state index is 5.92. The van der Waals surface area contributed by atoms with Gasteiger partial charge in [-0.3, -0.25) is 0 Å². The number of hydrogen-bond acceptors (Lipinski definition) is 1. The van der Waals surface area contributed by atoms with Crippen LogP contribution in [0.2, 0.25) is 0 Å². The van der Waals surface area contributed by atoms with Gasteiger partial charge in [-0.1, -0.05) is 48.5 Å². The third-order valence-corrected chi connectivity index (χ3v) is 3.82. The molecule has 1 atom stereocenters. The quantitative estimate of drug-likeness (QED) is 0.605. The number of hydrogen-bond donors (Lipinski definition) is 0. The molecule has 78 valence electrons. The van der Waals surface area contributed by atoms with E-state index in [1.165, 1.54) is 22.3 Å². The highest BCUT2D eigenvalue weighted by atomic mass is 16.6. The van der Waals surface area contributed by atoms with Gasteiger partial charge in [0.2, 0.25) is 0 Å². The number of fused-ring (bicyclic) bond motifs is 5. The minimum atomic E-state index is -0.132. The van der Waals surface area contributed by atoms with Crippen LogP contribution < -0.4 is 0 Å². The third kappa shape index (κ3) is 0.782. The van der Waals surface area contributed by atoms with Crippen molar-refractivity contribution in [2.45, 2.75) is 18.6 Å². The molecule has 0 saturated carbocycles. The predicted octanol–water partition coefficient (Wildman–Crippen LogP) is 3.33. The summed E-state index contributed by atoms with van der Waals surface area (Å²) in [5, 5.41) is 0. The standard InChI is InChI=1S/C15H12O/c1-10-15(16-10)13-8-4-2-6-11(13)12-7-3-5-9-14(12)15/h2-10H,1H3/t10-/m0/s1. The second-order valence-corrected chi connectivity index (χ2v) is 4.59. The first-order chi connectivity index (χ1) is 7.84. The first-order valence-corrected chi connectivity index (χ1v) is 5.71. The molecule has 4 rings (SSSR count). The summed E-state index contributed by atoms with van der Waals surface area (Å²) in [5.74, 6) is 0. The Bertz CT molecular complexity index is 540. The molecular formula is C15H12O. The Kier molecular flexibility index (Phi) is 1.36. The van der Waals surface area contributed by atoms with Crippen molar-refractivity contribution in [1.82, 2.24) is 0 Å². The van der Waals surface area contributed by atoms with Crippen LogP contribution in [0.5, 0.6) is 0 Å². The highest BCUT2D eigenvalue weighted by Crippen LogP contribution is 2.60. The van der Waals surface area contributed by atoms with Crippen LogP contribution in [-0.2, 0) is 10.3 Å². The van der Waals surface area contributed by atoms with Gasteiger partial charge in [-0.15, -0.1) is 0 Å². The lowest BCUT2D eigenvalue weighted by Gasteiger charge is -2.06. The van der Waals surface area contributed by atoms with Crippen molar-refractivity contribution in [3.8, 4) is 11.1 Å². The summed E-state index contributed by atoms with van der Waals surface area (Å²) in [6.07, 6.45) is 0.303. The lowest BCUT2D eigenvalue weighted by molar-refractivity contribution is 0.336. The van der Waals surface area contributed by atoms with Crippen LogP contribution in [0.15, 0.2) is 48.5 Å². The van der Waals surface area contributed by atoms with Gasteiger partial charge >= 0.3 is 0 Å². The van der Waals surface area contributed by atoms with Crippen molar-refractivity contribution >= 4 is 0 Å². The Morgan fingerprint density at radius 3 is 1.75 bits per heavy atom. The number of benzene rings is 2. The van der Waals surface area contributed by atoms with E-state index in [0.717, 1.165) is 0 Å². The summed E-state index contributed by atoms with van der Waals surface area (Å²) in [4.78, 5) is 0. The molecule has 2 aliphatic rings. The molecule has 1 nitrogen and oxygen atoms in total. The molecule has 1 fully saturated rings. The highest BCUT2D eigenvalue weighted by molar-refractivity contribution is 5.81. The maximum atomic E-state index is 5.92.